The number of aryl methyl sites for hydroxylation is 1. The van der Waals surface area contributed by atoms with Crippen LogP contribution in [0.2, 0.25) is 0 Å². The summed E-state index contributed by atoms with van der Waals surface area (Å²) in [5.41, 5.74) is -1.31. The first-order valence-corrected chi connectivity index (χ1v) is 7.49. The van der Waals surface area contributed by atoms with Gasteiger partial charge in [0.25, 0.3) is 5.91 Å². The third-order valence-corrected chi connectivity index (χ3v) is 4.01. The maximum atomic E-state index is 11.8. The van der Waals surface area contributed by atoms with Crippen molar-refractivity contribution >= 4 is 29.1 Å². The molecule has 7 heteroatoms. The van der Waals surface area contributed by atoms with Crippen molar-refractivity contribution in [2.45, 2.75) is 39.2 Å². The van der Waals surface area contributed by atoms with E-state index in [1.54, 1.807) is 6.07 Å². The maximum Gasteiger partial charge on any atom is 0.329 e. The lowest BCUT2D eigenvalue weighted by molar-refractivity contribution is -0.147. The van der Waals surface area contributed by atoms with Crippen LogP contribution in [-0.2, 0) is 9.59 Å². The van der Waals surface area contributed by atoms with Crippen LogP contribution < -0.4 is 10.6 Å². The van der Waals surface area contributed by atoms with E-state index in [-0.39, 0.29) is 12.5 Å². The summed E-state index contributed by atoms with van der Waals surface area (Å²) in [6, 6.07) is 3.51. The zero-order valence-corrected chi connectivity index (χ0v) is 13.2. The molecule has 0 radical (unpaired) electrons. The fraction of sp³-hybridized carbons (Fsp3) is 0.500. The van der Waals surface area contributed by atoms with Crippen molar-refractivity contribution in [3.8, 4) is 0 Å². The van der Waals surface area contributed by atoms with Gasteiger partial charge in [0.1, 0.15) is 5.54 Å². The number of aliphatic carboxylic acids is 1. The number of carboxylic acid groups (broad SMARTS) is 1. The highest BCUT2D eigenvalue weighted by molar-refractivity contribution is 7.13. The van der Waals surface area contributed by atoms with Gasteiger partial charge < -0.3 is 15.7 Å². The predicted octanol–water partition coefficient (Wildman–Crippen LogP) is 1.55. The van der Waals surface area contributed by atoms with Crippen molar-refractivity contribution in [2.24, 2.45) is 0 Å². The first-order valence-electron chi connectivity index (χ1n) is 6.67. The molecule has 0 bridgehead atoms. The minimum absolute atomic E-state index is 0.248. The summed E-state index contributed by atoms with van der Waals surface area (Å²) in [5, 5.41) is 14.1. The Morgan fingerprint density at radius 1 is 1.33 bits per heavy atom. The smallest absolute Gasteiger partial charge is 0.329 e. The van der Waals surface area contributed by atoms with Gasteiger partial charge in [-0.05, 0) is 32.4 Å². The highest BCUT2D eigenvalue weighted by Gasteiger charge is 2.33. The molecular weight excluding hydrogens is 292 g/mol. The van der Waals surface area contributed by atoms with E-state index >= 15 is 0 Å². The average Bonchev–Trinajstić information content (AvgIpc) is 2.82. The molecule has 21 heavy (non-hydrogen) atoms. The minimum Gasteiger partial charge on any atom is -0.480 e. The van der Waals surface area contributed by atoms with Crippen molar-refractivity contribution in [3.63, 3.8) is 0 Å². The SMILES string of the molecule is CCCC(C)(NC(=O)CNC(=O)c1ccc(C)s1)C(=O)O. The number of carbonyl (C=O) groups is 3. The highest BCUT2D eigenvalue weighted by Crippen LogP contribution is 2.15. The Balaban J connectivity index is 2.53. The second-order valence-electron chi connectivity index (χ2n) is 5.03. The lowest BCUT2D eigenvalue weighted by Crippen LogP contribution is -2.54. The molecule has 2 amide bonds. The Morgan fingerprint density at radius 3 is 2.48 bits per heavy atom. The van der Waals surface area contributed by atoms with E-state index in [0.717, 1.165) is 4.88 Å². The monoisotopic (exact) mass is 312 g/mol. The van der Waals surface area contributed by atoms with Gasteiger partial charge in [0.05, 0.1) is 11.4 Å². The van der Waals surface area contributed by atoms with Crippen LogP contribution in [0.15, 0.2) is 12.1 Å². The first kappa shape index (κ1) is 17.2. The zero-order chi connectivity index (χ0) is 16.0. The molecule has 1 unspecified atom stereocenters. The van der Waals surface area contributed by atoms with Crippen LogP contribution in [0.25, 0.3) is 0 Å². The molecule has 6 nitrogen and oxygen atoms in total. The Labute approximate surface area is 127 Å². The number of rotatable bonds is 7. The van der Waals surface area contributed by atoms with Crippen LogP contribution in [0.4, 0.5) is 0 Å². The van der Waals surface area contributed by atoms with Gasteiger partial charge in [-0.15, -0.1) is 11.3 Å². The van der Waals surface area contributed by atoms with Crippen LogP contribution in [-0.4, -0.2) is 35.0 Å². The molecule has 3 N–H and O–H groups in total. The Bertz CT molecular complexity index is 541. The summed E-state index contributed by atoms with van der Waals surface area (Å²) < 4.78 is 0. The molecule has 1 aromatic rings. The van der Waals surface area contributed by atoms with E-state index in [0.29, 0.717) is 17.7 Å². The number of carbonyl (C=O) groups excluding carboxylic acids is 2. The maximum absolute atomic E-state index is 11.8. The van der Waals surface area contributed by atoms with Crippen LogP contribution in [0.3, 0.4) is 0 Å². The topological polar surface area (TPSA) is 95.5 Å². The summed E-state index contributed by atoms with van der Waals surface area (Å²) >= 11 is 1.34. The van der Waals surface area contributed by atoms with Crippen molar-refractivity contribution in [1.82, 2.24) is 10.6 Å². The highest BCUT2D eigenvalue weighted by atomic mass is 32.1. The fourth-order valence-corrected chi connectivity index (χ4v) is 2.66. The van der Waals surface area contributed by atoms with Gasteiger partial charge in [0, 0.05) is 4.88 Å². The molecule has 0 saturated heterocycles. The molecule has 1 heterocycles. The van der Waals surface area contributed by atoms with E-state index in [1.807, 2.05) is 19.9 Å². The molecular formula is C14H20N2O4S. The quantitative estimate of drug-likeness (QED) is 0.712. The molecule has 1 aromatic heterocycles. The summed E-state index contributed by atoms with van der Waals surface area (Å²) in [6.07, 6.45) is 0.954. The molecule has 0 saturated carbocycles. The van der Waals surface area contributed by atoms with E-state index in [1.165, 1.54) is 18.3 Å². The molecule has 1 rings (SSSR count). The molecule has 0 aromatic carbocycles. The molecule has 0 aliphatic carbocycles. The Hall–Kier alpha value is -1.89. The van der Waals surface area contributed by atoms with Gasteiger partial charge >= 0.3 is 5.97 Å². The normalized spacial score (nSPS) is 13.3. The number of nitrogens with one attached hydrogen (secondary N) is 2. The molecule has 0 aliphatic rings. The number of thiophene rings is 1. The number of hydrogen-bond acceptors (Lipinski definition) is 4. The fourth-order valence-electron chi connectivity index (χ4n) is 1.88. The minimum atomic E-state index is -1.31. The predicted molar refractivity (Wildman–Crippen MR) is 80.5 cm³/mol. The number of carboxylic acids is 1. The molecule has 1 atom stereocenters. The third-order valence-electron chi connectivity index (χ3n) is 3.01. The van der Waals surface area contributed by atoms with Gasteiger partial charge in [-0.3, -0.25) is 9.59 Å². The lowest BCUT2D eigenvalue weighted by atomic mass is 9.96. The van der Waals surface area contributed by atoms with Gasteiger partial charge in [0.2, 0.25) is 5.91 Å². The standard InChI is InChI=1S/C14H20N2O4S/c1-4-7-14(3,13(19)20)16-11(17)8-15-12(18)10-6-5-9(2)21-10/h5-6H,4,7-8H2,1-3H3,(H,15,18)(H,16,17)(H,19,20). The van der Waals surface area contributed by atoms with E-state index in [2.05, 4.69) is 10.6 Å². The number of amides is 2. The largest absolute Gasteiger partial charge is 0.480 e. The zero-order valence-electron chi connectivity index (χ0n) is 12.4. The van der Waals surface area contributed by atoms with Crippen molar-refractivity contribution in [2.75, 3.05) is 6.54 Å². The third kappa shape index (κ3) is 4.86. The average molecular weight is 312 g/mol. The van der Waals surface area contributed by atoms with Crippen LogP contribution in [0.1, 0.15) is 41.2 Å². The van der Waals surface area contributed by atoms with Crippen molar-refractivity contribution in [1.29, 1.82) is 0 Å². The van der Waals surface area contributed by atoms with Gasteiger partial charge in [-0.2, -0.15) is 0 Å². The van der Waals surface area contributed by atoms with E-state index in [9.17, 15) is 19.5 Å². The second-order valence-corrected chi connectivity index (χ2v) is 6.32. The van der Waals surface area contributed by atoms with Crippen LogP contribution in [0, 0.1) is 6.92 Å². The Morgan fingerprint density at radius 2 is 2.00 bits per heavy atom. The molecule has 0 aliphatic heterocycles. The van der Waals surface area contributed by atoms with Crippen LogP contribution >= 0.6 is 11.3 Å². The van der Waals surface area contributed by atoms with Gasteiger partial charge in [0.15, 0.2) is 0 Å². The Kier molecular flexibility index (Phi) is 5.90. The number of hydrogen-bond donors (Lipinski definition) is 3. The van der Waals surface area contributed by atoms with Crippen molar-refractivity contribution < 1.29 is 19.5 Å². The van der Waals surface area contributed by atoms with Gasteiger partial charge in [-0.25, -0.2) is 4.79 Å². The first-order chi connectivity index (χ1) is 9.78. The molecule has 0 fully saturated rings. The lowest BCUT2D eigenvalue weighted by Gasteiger charge is -2.25. The molecule has 116 valence electrons. The summed E-state index contributed by atoms with van der Waals surface area (Å²) in [7, 11) is 0. The second kappa shape index (κ2) is 7.21. The van der Waals surface area contributed by atoms with Crippen molar-refractivity contribution in [3.05, 3.63) is 21.9 Å². The summed E-state index contributed by atoms with van der Waals surface area (Å²) in [5.74, 6) is -1.94. The van der Waals surface area contributed by atoms with Gasteiger partial charge in [-0.1, -0.05) is 13.3 Å². The van der Waals surface area contributed by atoms with E-state index in [4.69, 9.17) is 0 Å². The molecule has 0 spiro atoms. The summed E-state index contributed by atoms with van der Waals surface area (Å²) in [6.45, 7) is 4.94. The van der Waals surface area contributed by atoms with E-state index < -0.39 is 17.4 Å². The summed E-state index contributed by atoms with van der Waals surface area (Å²) in [4.78, 5) is 36.3. The van der Waals surface area contributed by atoms with Crippen LogP contribution in [0.5, 0.6) is 0 Å².